The summed E-state index contributed by atoms with van der Waals surface area (Å²) in [5, 5.41) is 5.35. The van der Waals surface area contributed by atoms with Crippen LogP contribution in [0.1, 0.15) is 34.1 Å². The number of rotatable bonds is 6. The maximum Gasteiger partial charge on any atom is 0.289 e. The topological polar surface area (TPSA) is 98.1 Å². The fraction of sp³-hybridized carbons (Fsp3) is 0.103. The smallest absolute Gasteiger partial charge is 0.289 e. The van der Waals surface area contributed by atoms with E-state index < -0.39 is 17.4 Å². The molecular formula is C29H24ClN5O3. The van der Waals surface area contributed by atoms with Crippen LogP contribution in [-0.2, 0) is 10.3 Å². The first-order chi connectivity index (χ1) is 18.5. The standard InChI is InChI=1S/C29H24ClN5O3/c1-19(36)32-33-27(37)26-25-23(18-24(30)31-26)35(34-28(25)38-2)29(20-12-6-3-7-13-20,21-14-8-4-9-15-21)22-16-10-5-11-17-22/h3-18H,1-2H3,(H,32,36)(H,33,37). The molecule has 2 heterocycles. The molecule has 0 atom stereocenters. The Labute approximate surface area is 224 Å². The van der Waals surface area contributed by atoms with Gasteiger partial charge in [-0.15, -0.1) is 5.10 Å². The van der Waals surface area contributed by atoms with Crippen LogP contribution in [0, 0.1) is 0 Å². The molecule has 190 valence electrons. The number of fused-ring (bicyclic) bond motifs is 1. The van der Waals surface area contributed by atoms with Crippen LogP contribution in [0.4, 0.5) is 0 Å². The van der Waals surface area contributed by atoms with Gasteiger partial charge < -0.3 is 4.74 Å². The number of hydrogen-bond acceptors (Lipinski definition) is 5. The zero-order valence-electron chi connectivity index (χ0n) is 20.7. The summed E-state index contributed by atoms with van der Waals surface area (Å²) in [5.41, 5.74) is 6.95. The maximum absolute atomic E-state index is 13.1. The van der Waals surface area contributed by atoms with E-state index in [1.165, 1.54) is 14.0 Å². The van der Waals surface area contributed by atoms with Gasteiger partial charge in [-0.2, -0.15) is 0 Å². The average Bonchev–Trinajstić information content (AvgIpc) is 3.32. The van der Waals surface area contributed by atoms with Crippen LogP contribution < -0.4 is 15.6 Å². The third kappa shape index (κ3) is 4.25. The van der Waals surface area contributed by atoms with Crippen molar-refractivity contribution in [3.05, 3.63) is 125 Å². The number of carbonyl (C=O) groups excluding carboxylic acids is 2. The van der Waals surface area contributed by atoms with E-state index in [0.717, 1.165) is 16.7 Å². The Kier molecular flexibility index (Phi) is 6.81. The largest absolute Gasteiger partial charge is 0.479 e. The third-order valence-corrected chi connectivity index (χ3v) is 6.45. The summed E-state index contributed by atoms with van der Waals surface area (Å²) in [6.45, 7) is 1.29. The molecule has 8 nitrogen and oxygen atoms in total. The Morgan fingerprint density at radius 2 is 1.34 bits per heavy atom. The zero-order valence-corrected chi connectivity index (χ0v) is 21.4. The number of methoxy groups -OCH3 is 1. The summed E-state index contributed by atoms with van der Waals surface area (Å²) >= 11 is 6.48. The van der Waals surface area contributed by atoms with Gasteiger partial charge in [-0.25, -0.2) is 9.67 Å². The first-order valence-electron chi connectivity index (χ1n) is 11.8. The first-order valence-corrected chi connectivity index (χ1v) is 12.2. The van der Waals surface area contributed by atoms with Crippen LogP contribution in [0.25, 0.3) is 10.9 Å². The summed E-state index contributed by atoms with van der Waals surface area (Å²) in [7, 11) is 1.48. The molecule has 0 radical (unpaired) electrons. The number of nitrogens with zero attached hydrogens (tertiary/aromatic N) is 3. The van der Waals surface area contributed by atoms with Crippen molar-refractivity contribution in [3.63, 3.8) is 0 Å². The number of benzene rings is 3. The van der Waals surface area contributed by atoms with E-state index >= 15 is 0 Å². The maximum atomic E-state index is 13.1. The van der Waals surface area contributed by atoms with Crippen molar-refractivity contribution in [1.29, 1.82) is 0 Å². The van der Waals surface area contributed by atoms with Gasteiger partial charge in [0.15, 0.2) is 0 Å². The number of halogens is 1. The number of nitrogens with one attached hydrogen (secondary N) is 2. The van der Waals surface area contributed by atoms with Crippen molar-refractivity contribution >= 4 is 34.3 Å². The van der Waals surface area contributed by atoms with Crippen LogP contribution in [0.15, 0.2) is 97.1 Å². The van der Waals surface area contributed by atoms with Crippen molar-refractivity contribution in [2.24, 2.45) is 0 Å². The summed E-state index contributed by atoms with van der Waals surface area (Å²) in [6, 6.07) is 31.6. The van der Waals surface area contributed by atoms with E-state index in [0.29, 0.717) is 10.9 Å². The number of carbonyl (C=O) groups is 2. The molecule has 3 aromatic carbocycles. The lowest BCUT2D eigenvalue weighted by molar-refractivity contribution is -0.119. The van der Waals surface area contributed by atoms with E-state index in [9.17, 15) is 9.59 Å². The lowest BCUT2D eigenvalue weighted by atomic mass is 9.77. The Bertz CT molecular complexity index is 1510. The highest BCUT2D eigenvalue weighted by molar-refractivity contribution is 6.30. The van der Waals surface area contributed by atoms with Crippen LogP contribution >= 0.6 is 11.6 Å². The predicted octanol–water partition coefficient (Wildman–Crippen LogP) is 4.71. The summed E-state index contributed by atoms with van der Waals surface area (Å²) in [4.78, 5) is 28.8. The monoisotopic (exact) mass is 525 g/mol. The van der Waals surface area contributed by atoms with Crippen molar-refractivity contribution in [2.45, 2.75) is 12.5 Å². The van der Waals surface area contributed by atoms with Gasteiger partial charge in [0.05, 0.1) is 18.0 Å². The molecule has 9 heteroatoms. The summed E-state index contributed by atoms with van der Waals surface area (Å²) in [6.07, 6.45) is 0. The minimum absolute atomic E-state index is 0.0348. The summed E-state index contributed by atoms with van der Waals surface area (Å²) < 4.78 is 7.51. The molecule has 0 aliphatic carbocycles. The second kappa shape index (κ2) is 10.4. The minimum atomic E-state index is -0.977. The van der Waals surface area contributed by atoms with Gasteiger partial charge in [0.2, 0.25) is 11.8 Å². The van der Waals surface area contributed by atoms with Gasteiger partial charge in [-0.1, -0.05) is 103 Å². The van der Waals surface area contributed by atoms with E-state index in [1.807, 2.05) is 95.7 Å². The van der Waals surface area contributed by atoms with E-state index in [2.05, 4.69) is 15.8 Å². The molecule has 5 rings (SSSR count). The Morgan fingerprint density at radius 1 is 0.842 bits per heavy atom. The van der Waals surface area contributed by atoms with Gasteiger partial charge in [-0.05, 0) is 16.7 Å². The molecule has 2 aromatic heterocycles. The van der Waals surface area contributed by atoms with Gasteiger partial charge >= 0.3 is 0 Å². The number of aromatic nitrogens is 3. The number of pyridine rings is 1. The molecular weight excluding hydrogens is 502 g/mol. The number of amides is 2. The van der Waals surface area contributed by atoms with Crippen LogP contribution in [-0.4, -0.2) is 33.7 Å². The lowest BCUT2D eigenvalue weighted by Crippen LogP contribution is -2.40. The zero-order chi connectivity index (χ0) is 26.7. The Morgan fingerprint density at radius 3 is 1.79 bits per heavy atom. The second-order valence-electron chi connectivity index (χ2n) is 8.55. The van der Waals surface area contributed by atoms with Gasteiger partial charge in [0, 0.05) is 13.0 Å². The van der Waals surface area contributed by atoms with Crippen molar-refractivity contribution in [3.8, 4) is 5.88 Å². The molecule has 0 bridgehead atoms. The molecule has 2 N–H and O–H groups in total. The highest BCUT2D eigenvalue weighted by Gasteiger charge is 2.42. The number of hydrogen-bond donors (Lipinski definition) is 2. The van der Waals surface area contributed by atoms with Crippen LogP contribution in [0.5, 0.6) is 5.88 Å². The van der Waals surface area contributed by atoms with Gasteiger partial charge in [0.25, 0.3) is 5.91 Å². The molecule has 5 aromatic rings. The number of ether oxygens (including phenoxy) is 1. The van der Waals surface area contributed by atoms with Crippen molar-refractivity contribution in [2.75, 3.05) is 7.11 Å². The van der Waals surface area contributed by atoms with Crippen molar-refractivity contribution in [1.82, 2.24) is 25.6 Å². The number of hydrazine groups is 1. The molecule has 0 fully saturated rings. The van der Waals surface area contributed by atoms with Gasteiger partial charge in [-0.3, -0.25) is 20.4 Å². The SMILES string of the molecule is COc1nn(C(c2ccccc2)(c2ccccc2)c2ccccc2)c2cc(Cl)nc(C(=O)NNC(C)=O)c12. The summed E-state index contributed by atoms with van der Waals surface area (Å²) in [5.74, 6) is -0.907. The minimum Gasteiger partial charge on any atom is -0.479 e. The Hall–Kier alpha value is -4.69. The van der Waals surface area contributed by atoms with Crippen LogP contribution in [0.3, 0.4) is 0 Å². The molecule has 0 saturated carbocycles. The molecule has 0 aliphatic rings. The first kappa shape index (κ1) is 25.0. The molecule has 38 heavy (non-hydrogen) atoms. The van der Waals surface area contributed by atoms with E-state index in [1.54, 1.807) is 6.07 Å². The molecule has 2 amide bonds. The lowest BCUT2D eigenvalue weighted by Gasteiger charge is -2.36. The van der Waals surface area contributed by atoms with E-state index in [-0.39, 0.29) is 16.7 Å². The molecule has 0 unspecified atom stereocenters. The highest BCUT2D eigenvalue weighted by atomic mass is 35.5. The fourth-order valence-corrected chi connectivity index (χ4v) is 4.93. The second-order valence-corrected chi connectivity index (χ2v) is 8.94. The third-order valence-electron chi connectivity index (χ3n) is 6.25. The quantitative estimate of drug-likeness (QED) is 0.190. The molecule has 0 spiro atoms. The fourth-order valence-electron chi connectivity index (χ4n) is 4.75. The van der Waals surface area contributed by atoms with Crippen LogP contribution in [0.2, 0.25) is 5.15 Å². The highest BCUT2D eigenvalue weighted by Crippen LogP contribution is 2.44. The average molecular weight is 526 g/mol. The Balaban J connectivity index is 1.92. The predicted molar refractivity (Wildman–Crippen MR) is 145 cm³/mol. The molecule has 0 saturated heterocycles. The van der Waals surface area contributed by atoms with Gasteiger partial charge in [0.1, 0.15) is 16.4 Å². The van der Waals surface area contributed by atoms with E-state index in [4.69, 9.17) is 21.4 Å². The van der Waals surface area contributed by atoms with Crippen molar-refractivity contribution < 1.29 is 14.3 Å². The normalized spacial score (nSPS) is 11.2. The molecule has 0 aliphatic heterocycles.